The molecule has 0 aromatic rings. The van der Waals surface area contributed by atoms with Crippen molar-refractivity contribution in [3.05, 3.63) is 0 Å². The first-order chi connectivity index (χ1) is 49.5. The zero-order chi connectivity index (χ0) is 77.2. The molecule has 106 heavy (non-hydrogen) atoms. The molecule has 0 nitrogen and oxygen atoms in total. The summed E-state index contributed by atoms with van der Waals surface area (Å²) in [5, 5.41) is 0. The van der Waals surface area contributed by atoms with E-state index in [1.165, 1.54) is 238 Å². The van der Waals surface area contributed by atoms with E-state index < -0.39 is 0 Å². The number of hydrogen-bond donors (Lipinski definition) is 0. The van der Waals surface area contributed by atoms with Gasteiger partial charge in [-0.3, -0.25) is 0 Å². The minimum Gasteiger partial charge on any atom is -0.0649 e. The minimum atomic E-state index is 0.526. The van der Waals surface area contributed by atoms with E-state index >= 15 is 0 Å². The highest BCUT2D eigenvalue weighted by Gasteiger charge is 2.54. The third kappa shape index (κ3) is 22.8. The normalized spacial score (nSPS) is 42.2. The van der Waals surface area contributed by atoms with Gasteiger partial charge in [0.2, 0.25) is 0 Å². The van der Waals surface area contributed by atoms with Crippen LogP contribution in [0.3, 0.4) is 0 Å². The Labute approximate surface area is 667 Å². The minimum absolute atomic E-state index is 0.526. The lowest BCUT2D eigenvalue weighted by Crippen LogP contribution is -2.45. The van der Waals surface area contributed by atoms with Crippen LogP contribution < -0.4 is 0 Å². The van der Waals surface area contributed by atoms with E-state index in [1.807, 2.05) is 0 Å². The molecule has 23 rings (SSSR count). The van der Waals surface area contributed by atoms with Crippen molar-refractivity contribution in [2.45, 2.75) is 500 Å². The summed E-state index contributed by atoms with van der Waals surface area (Å²) in [7, 11) is 0. The monoisotopic (exact) mass is 1470 g/mol. The predicted molar refractivity (Wildman–Crippen MR) is 468 cm³/mol. The van der Waals surface area contributed by atoms with Crippen molar-refractivity contribution in [3.63, 3.8) is 0 Å². The molecule has 5 atom stereocenters. The molecule has 0 amide bonds. The molecule has 0 heteroatoms. The second kappa shape index (κ2) is 35.8. The van der Waals surface area contributed by atoms with Crippen LogP contribution in [0.2, 0.25) is 0 Å². The van der Waals surface area contributed by atoms with Gasteiger partial charge in [0, 0.05) is 0 Å². The van der Waals surface area contributed by atoms with E-state index in [0.717, 1.165) is 128 Å². The van der Waals surface area contributed by atoms with Crippen LogP contribution in [0.5, 0.6) is 0 Å². The Kier molecular flexibility index (Phi) is 29.9. The summed E-state index contributed by atoms with van der Waals surface area (Å²) in [4.78, 5) is 0. The third-order valence-electron chi connectivity index (χ3n) is 39.9. The average molecular weight is 1470 g/mol. The predicted octanol–water partition coefficient (Wildman–Crippen LogP) is 34.8. The van der Waals surface area contributed by atoms with E-state index in [2.05, 4.69) is 166 Å². The molecule has 0 aliphatic heterocycles. The summed E-state index contributed by atoms with van der Waals surface area (Å²) < 4.78 is 0. The molecule has 0 aromatic carbocycles. The molecule has 0 radical (unpaired) electrons. The fourth-order valence-corrected chi connectivity index (χ4v) is 31.4. The maximum atomic E-state index is 2.49. The van der Waals surface area contributed by atoms with Crippen LogP contribution >= 0.6 is 0 Å². The summed E-state index contributed by atoms with van der Waals surface area (Å²) in [5.74, 6) is 19.3. The molecule has 3 spiro atoms. The number of rotatable bonds is 2. The quantitative estimate of drug-likeness (QED) is 0.259. The average Bonchev–Trinajstić information content (AvgIpc) is 1.15. The van der Waals surface area contributed by atoms with Gasteiger partial charge in [-0.1, -0.05) is 250 Å². The SMILES string of the molecule is CC1C2CCC(CC2)[C@H]1C.CC1CCC2(CC1)CC(C)(C)CC(C)(C)C2.CC1CCC2(CC1)CCC(C)(C)CC2.CC1CCC2(CCCCC2)CC1.CCC1(C)CC(C)(C)C(C)(C)C1.CCC12CC3CC(CC(C3)C1)C2.C[C@@H]1C2CCC(CC2)C1(C)C.C[C@H]1CC2CCC1(C)CC2.C[C@H]1CC2CCC1CC2. The highest BCUT2D eigenvalue weighted by molar-refractivity contribution is 5.04. The summed E-state index contributed by atoms with van der Waals surface area (Å²) in [6.45, 7) is 58.8. The van der Waals surface area contributed by atoms with Crippen LogP contribution in [-0.2, 0) is 0 Å². The van der Waals surface area contributed by atoms with Gasteiger partial charge in [0.05, 0.1) is 0 Å². The van der Waals surface area contributed by atoms with Crippen molar-refractivity contribution in [2.24, 2.45) is 172 Å². The Morgan fingerprint density at radius 2 is 0.670 bits per heavy atom. The van der Waals surface area contributed by atoms with Crippen LogP contribution in [0.4, 0.5) is 0 Å². The largest absolute Gasteiger partial charge is 0.0649 e. The first-order valence-electron chi connectivity index (χ1n) is 49.5. The number of hydrogen-bond acceptors (Lipinski definition) is 0. The molecule has 12 bridgehead atoms. The van der Waals surface area contributed by atoms with Gasteiger partial charge in [-0.2, -0.15) is 0 Å². The highest BCUT2D eigenvalue weighted by atomic mass is 14.6. The first kappa shape index (κ1) is 88.4. The van der Waals surface area contributed by atoms with E-state index in [-0.39, 0.29) is 0 Å². The Balaban J connectivity index is 0.000000128. The lowest BCUT2D eigenvalue weighted by molar-refractivity contribution is -0.0545. The molecular weight excluding hydrogens is 1270 g/mol. The van der Waals surface area contributed by atoms with Crippen molar-refractivity contribution in [3.8, 4) is 0 Å². The summed E-state index contributed by atoms with van der Waals surface area (Å²) >= 11 is 0. The fourth-order valence-electron chi connectivity index (χ4n) is 31.4. The first-order valence-corrected chi connectivity index (χ1v) is 49.5. The Morgan fingerprint density at radius 1 is 0.283 bits per heavy atom. The highest BCUT2D eigenvalue weighted by Crippen LogP contribution is 2.65. The van der Waals surface area contributed by atoms with Crippen LogP contribution in [-0.4, -0.2) is 0 Å². The molecule has 0 saturated heterocycles. The lowest BCUT2D eigenvalue weighted by Gasteiger charge is -2.56. The van der Waals surface area contributed by atoms with Crippen molar-refractivity contribution in [1.82, 2.24) is 0 Å². The van der Waals surface area contributed by atoms with E-state index in [9.17, 15) is 0 Å². The maximum Gasteiger partial charge on any atom is -0.0287 e. The molecule has 23 aliphatic rings. The van der Waals surface area contributed by atoms with Crippen molar-refractivity contribution in [1.29, 1.82) is 0 Å². The molecule has 618 valence electrons. The van der Waals surface area contributed by atoms with Crippen LogP contribution in [0.15, 0.2) is 0 Å². The molecule has 23 aliphatic carbocycles. The molecule has 0 N–H and O–H groups in total. The lowest BCUT2D eigenvalue weighted by atomic mass is 9.49. The zero-order valence-electron chi connectivity index (χ0n) is 77.2. The van der Waals surface area contributed by atoms with Crippen LogP contribution in [0.1, 0.15) is 500 Å². The van der Waals surface area contributed by atoms with Gasteiger partial charge in [-0.05, 0) is 422 Å². The van der Waals surface area contributed by atoms with Gasteiger partial charge < -0.3 is 0 Å². The van der Waals surface area contributed by atoms with Gasteiger partial charge in [0.15, 0.2) is 0 Å². The molecular formula is C106H194. The standard InChI is InChI=1S/C16H30.C14H26.C12H20.C12H22.C12H24.C11H20.2C10H18.C9H16/c1-13-6-8-16(9-7-13)11-14(2,3)10-15(4,5)12-16;1-12-4-6-14(7-5-12)10-8-13(2,3)9-11-14;1-2-12-6-9-3-10(7-12)5-11(4-9)8-12;1-11-5-9-12(10-6-11)7-3-2-4-8-12;1-7-12(6)8-10(2,3)11(4,5)9-12;1-8-9-4-6-10(7-5-9)11(8,2)3;1-8-7-9-3-5-10(8,2)6-4-9;1-7-8(2)10-5-3-9(7)4-6-10;1-7-6-8-2-4-9(7)5-3-8/h13H,6-12H2,1-5H3;12H,4-11H2,1-3H3;9-11H,2-8H2,1H3;11H,2-10H2,1H3;7-9H2,1-6H3;8-10H,4-7H2,1-3H3;8-9H,3-7H2,1-2H3;7-10H,3-6H2,1-2H3;7-9H,2-6H2,1H3/t;;;;;2*8-,9?,10?;7-,8?,9?,10?;7-,8?,9?/m.....1000/s1. The molecule has 1 unspecified atom stereocenters. The van der Waals surface area contributed by atoms with Crippen LogP contribution in [0, 0.1) is 172 Å². The van der Waals surface area contributed by atoms with E-state index in [0.29, 0.717) is 43.3 Å². The number of fused-ring (bicyclic) bond motifs is 12. The van der Waals surface area contributed by atoms with Gasteiger partial charge in [0.25, 0.3) is 0 Å². The summed E-state index contributed by atoms with van der Waals surface area (Å²) in [6.07, 6.45) is 78.9. The Morgan fingerprint density at radius 3 is 0.972 bits per heavy atom. The van der Waals surface area contributed by atoms with Crippen LogP contribution in [0.25, 0.3) is 0 Å². The fraction of sp³-hybridized carbons (Fsp3) is 1.00. The second-order valence-corrected chi connectivity index (χ2v) is 51.0. The van der Waals surface area contributed by atoms with Crippen molar-refractivity contribution >= 4 is 0 Å². The summed E-state index contributed by atoms with van der Waals surface area (Å²) in [6, 6.07) is 0. The summed E-state index contributed by atoms with van der Waals surface area (Å²) in [5.41, 5.74) is 8.02. The smallest absolute Gasteiger partial charge is 0.0287 e. The molecule has 23 saturated carbocycles. The Bertz CT molecular complexity index is 2450. The third-order valence-corrected chi connectivity index (χ3v) is 39.9. The molecule has 0 heterocycles. The van der Waals surface area contributed by atoms with E-state index in [4.69, 9.17) is 0 Å². The topological polar surface area (TPSA) is 0 Å². The zero-order valence-corrected chi connectivity index (χ0v) is 77.2. The maximum absolute atomic E-state index is 2.49. The van der Waals surface area contributed by atoms with Gasteiger partial charge >= 0.3 is 0 Å². The molecule has 0 aromatic heterocycles. The van der Waals surface area contributed by atoms with Gasteiger partial charge in [0.1, 0.15) is 0 Å². The van der Waals surface area contributed by atoms with E-state index in [1.54, 1.807) is 96.3 Å². The van der Waals surface area contributed by atoms with Gasteiger partial charge in [-0.15, -0.1) is 0 Å². The molecule has 23 fully saturated rings. The Hall–Kier alpha value is 0. The second-order valence-electron chi connectivity index (χ2n) is 51.0. The van der Waals surface area contributed by atoms with Crippen molar-refractivity contribution < 1.29 is 0 Å². The van der Waals surface area contributed by atoms with Gasteiger partial charge in [-0.25, -0.2) is 0 Å². The van der Waals surface area contributed by atoms with Crippen molar-refractivity contribution in [2.75, 3.05) is 0 Å².